The van der Waals surface area contributed by atoms with Crippen LogP contribution >= 0.6 is 0 Å². The molecule has 136 valence electrons. The lowest BCUT2D eigenvalue weighted by Crippen LogP contribution is -2.63. The highest BCUT2D eigenvalue weighted by molar-refractivity contribution is 5.79. The van der Waals surface area contributed by atoms with E-state index in [1.165, 1.54) is 25.7 Å². The maximum atomic E-state index is 13.8. The summed E-state index contributed by atoms with van der Waals surface area (Å²) in [5.74, 6) is -3.17. The Morgan fingerprint density at radius 2 is 1.88 bits per heavy atom. The van der Waals surface area contributed by atoms with Crippen molar-refractivity contribution in [3.8, 4) is 0 Å². The molecule has 1 aromatic carbocycles. The van der Waals surface area contributed by atoms with E-state index in [0.717, 1.165) is 25.2 Å². The molecule has 3 aliphatic rings. The summed E-state index contributed by atoms with van der Waals surface area (Å²) in [6.45, 7) is 0.725. The summed E-state index contributed by atoms with van der Waals surface area (Å²) in [4.78, 5) is 12.4. The first kappa shape index (κ1) is 16.9. The zero-order chi connectivity index (χ0) is 17.6. The van der Waals surface area contributed by atoms with Crippen molar-refractivity contribution in [2.75, 3.05) is 6.61 Å². The average Bonchev–Trinajstić information content (AvgIpc) is 3.24. The van der Waals surface area contributed by atoms with Crippen molar-refractivity contribution in [3.63, 3.8) is 0 Å². The number of carbonyl (C=O) groups excluding carboxylic acids is 1. The molecule has 1 amide bonds. The summed E-state index contributed by atoms with van der Waals surface area (Å²) in [5, 5.41) is 3.02. The highest BCUT2D eigenvalue weighted by atomic mass is 19.2. The molecule has 1 N–H and O–H groups in total. The molecule has 1 heterocycles. The molecule has 3 fully saturated rings. The Morgan fingerprint density at radius 3 is 2.64 bits per heavy atom. The van der Waals surface area contributed by atoms with Crippen LogP contribution in [0.3, 0.4) is 0 Å². The summed E-state index contributed by atoms with van der Waals surface area (Å²) in [6, 6.07) is 2.03. The summed E-state index contributed by atoms with van der Waals surface area (Å²) in [6.07, 6.45) is 5.66. The van der Waals surface area contributed by atoms with Gasteiger partial charge in [0.25, 0.3) is 0 Å². The van der Waals surface area contributed by atoms with Crippen molar-refractivity contribution in [1.82, 2.24) is 5.32 Å². The van der Waals surface area contributed by atoms with Gasteiger partial charge in [-0.2, -0.15) is 0 Å². The second-order valence-corrected chi connectivity index (χ2v) is 7.51. The van der Waals surface area contributed by atoms with Crippen molar-refractivity contribution in [2.24, 2.45) is 17.8 Å². The lowest BCUT2D eigenvalue weighted by molar-refractivity contribution is -0.129. The van der Waals surface area contributed by atoms with Gasteiger partial charge in [0.1, 0.15) is 0 Å². The molecule has 0 aromatic heterocycles. The molecule has 4 rings (SSSR count). The Morgan fingerprint density at radius 1 is 1.12 bits per heavy atom. The number of carbonyl (C=O) groups is 1. The van der Waals surface area contributed by atoms with Crippen LogP contribution in [-0.4, -0.2) is 24.7 Å². The number of hydrogen-bond acceptors (Lipinski definition) is 2. The van der Waals surface area contributed by atoms with Gasteiger partial charge in [-0.05, 0) is 18.4 Å². The van der Waals surface area contributed by atoms with Gasteiger partial charge in [-0.3, -0.25) is 4.79 Å². The Kier molecular flexibility index (Phi) is 4.48. The summed E-state index contributed by atoms with van der Waals surface area (Å²) in [7, 11) is 0. The maximum absolute atomic E-state index is 13.8. The largest absolute Gasteiger partial charge is 0.377 e. The second kappa shape index (κ2) is 6.63. The van der Waals surface area contributed by atoms with E-state index >= 15 is 0 Å². The number of fused-ring (bicyclic) bond motifs is 1. The molecule has 6 heteroatoms. The third-order valence-corrected chi connectivity index (χ3v) is 6.18. The normalized spacial score (nSPS) is 31.6. The molecule has 0 spiro atoms. The third-order valence-electron chi connectivity index (χ3n) is 6.18. The molecule has 1 aliphatic heterocycles. The summed E-state index contributed by atoms with van der Waals surface area (Å²) >= 11 is 0. The van der Waals surface area contributed by atoms with E-state index < -0.39 is 17.5 Å². The first-order valence-corrected chi connectivity index (χ1v) is 9.09. The Bertz CT molecular complexity index is 670. The van der Waals surface area contributed by atoms with Crippen molar-refractivity contribution in [1.29, 1.82) is 0 Å². The van der Waals surface area contributed by atoms with Crippen LogP contribution in [0.25, 0.3) is 0 Å². The van der Waals surface area contributed by atoms with Gasteiger partial charge in [0.15, 0.2) is 17.5 Å². The number of rotatable bonds is 4. The molecule has 2 aliphatic carbocycles. The predicted octanol–water partition coefficient (Wildman–Crippen LogP) is 3.36. The zero-order valence-corrected chi connectivity index (χ0v) is 13.9. The maximum Gasteiger partial charge on any atom is 0.224 e. The number of halogens is 3. The minimum Gasteiger partial charge on any atom is -0.377 e. The van der Waals surface area contributed by atoms with Gasteiger partial charge in [0, 0.05) is 30.0 Å². The summed E-state index contributed by atoms with van der Waals surface area (Å²) < 4.78 is 46.0. The number of hydrogen-bond donors (Lipinski definition) is 1. The first-order chi connectivity index (χ1) is 12.1. The second-order valence-electron chi connectivity index (χ2n) is 7.51. The average molecular weight is 353 g/mol. The number of ether oxygens (including phenoxy) is 1. The number of benzene rings is 1. The molecule has 1 aromatic rings. The Hall–Kier alpha value is -1.56. The van der Waals surface area contributed by atoms with E-state index in [-0.39, 0.29) is 30.0 Å². The number of nitrogens with one attached hydrogen (secondary N) is 1. The Balaban J connectivity index is 1.44. The van der Waals surface area contributed by atoms with Crippen LogP contribution in [0.1, 0.15) is 37.7 Å². The zero-order valence-electron chi connectivity index (χ0n) is 13.9. The lowest BCUT2D eigenvalue weighted by atomic mass is 9.61. The Labute approximate surface area is 144 Å². The topological polar surface area (TPSA) is 38.3 Å². The summed E-state index contributed by atoms with van der Waals surface area (Å²) in [5.41, 5.74) is -0.118. The van der Waals surface area contributed by atoms with Gasteiger partial charge in [-0.15, -0.1) is 0 Å². The molecule has 1 saturated heterocycles. The molecule has 0 unspecified atom stereocenters. The molecule has 25 heavy (non-hydrogen) atoms. The fourth-order valence-electron chi connectivity index (χ4n) is 4.97. The molecule has 3 nitrogen and oxygen atoms in total. The fraction of sp³-hybridized carbons (Fsp3) is 0.632. The van der Waals surface area contributed by atoms with Crippen LogP contribution in [-0.2, 0) is 16.0 Å². The molecule has 0 radical (unpaired) electrons. The van der Waals surface area contributed by atoms with Gasteiger partial charge in [-0.25, -0.2) is 13.2 Å². The van der Waals surface area contributed by atoms with Gasteiger partial charge < -0.3 is 10.1 Å². The fourth-order valence-corrected chi connectivity index (χ4v) is 4.97. The van der Waals surface area contributed by atoms with Gasteiger partial charge >= 0.3 is 0 Å². The first-order valence-electron chi connectivity index (χ1n) is 9.09. The van der Waals surface area contributed by atoms with E-state index in [1.807, 2.05) is 0 Å². The minimum atomic E-state index is -1.53. The van der Waals surface area contributed by atoms with E-state index in [9.17, 15) is 18.0 Å². The van der Waals surface area contributed by atoms with Crippen LogP contribution in [0.2, 0.25) is 0 Å². The van der Waals surface area contributed by atoms with Crippen LogP contribution in [0.15, 0.2) is 12.1 Å². The van der Waals surface area contributed by atoms with Gasteiger partial charge in [0.2, 0.25) is 5.91 Å². The van der Waals surface area contributed by atoms with Crippen molar-refractivity contribution >= 4 is 5.91 Å². The predicted molar refractivity (Wildman–Crippen MR) is 85.2 cm³/mol. The molecular weight excluding hydrogens is 331 g/mol. The quantitative estimate of drug-likeness (QED) is 0.843. The number of amides is 1. The van der Waals surface area contributed by atoms with E-state index in [4.69, 9.17) is 4.74 Å². The van der Waals surface area contributed by atoms with Crippen molar-refractivity contribution in [3.05, 3.63) is 35.1 Å². The van der Waals surface area contributed by atoms with Crippen molar-refractivity contribution < 1.29 is 22.7 Å². The van der Waals surface area contributed by atoms with E-state index in [1.54, 1.807) is 0 Å². The third kappa shape index (κ3) is 2.94. The van der Waals surface area contributed by atoms with E-state index in [2.05, 4.69) is 5.32 Å². The monoisotopic (exact) mass is 353 g/mol. The minimum absolute atomic E-state index is 0.0523. The molecule has 2 saturated carbocycles. The standard InChI is InChI=1S/C19H22F3NO2/c20-13-6-5-11(16(21)17(13)22)9-14(24)23-18-12-7-8-25-19(12)15(18)10-3-1-2-4-10/h5-6,10,12,15,18-19H,1-4,7-9H2,(H,23,24)/t12-,15+,18-,19-/m0/s1. The van der Waals surface area contributed by atoms with Crippen LogP contribution in [0.5, 0.6) is 0 Å². The van der Waals surface area contributed by atoms with Crippen LogP contribution in [0, 0.1) is 35.2 Å². The van der Waals surface area contributed by atoms with Crippen LogP contribution < -0.4 is 5.32 Å². The van der Waals surface area contributed by atoms with Crippen LogP contribution in [0.4, 0.5) is 13.2 Å². The van der Waals surface area contributed by atoms with Crippen molar-refractivity contribution in [2.45, 2.75) is 50.7 Å². The lowest BCUT2D eigenvalue weighted by Gasteiger charge is -2.50. The smallest absolute Gasteiger partial charge is 0.224 e. The van der Waals surface area contributed by atoms with Gasteiger partial charge in [0.05, 0.1) is 12.5 Å². The highest BCUT2D eigenvalue weighted by Gasteiger charge is 2.56. The SMILES string of the molecule is O=C(Cc1ccc(F)c(F)c1F)N[C@H]1[C@@H]2CCO[C@@H]2[C@@H]1C1CCCC1. The van der Waals surface area contributed by atoms with Gasteiger partial charge in [-0.1, -0.05) is 31.7 Å². The molecular formula is C19H22F3NO2. The van der Waals surface area contributed by atoms with E-state index in [0.29, 0.717) is 17.8 Å². The molecule has 4 atom stereocenters. The molecule has 0 bridgehead atoms. The highest BCUT2D eigenvalue weighted by Crippen LogP contribution is 2.51.